The summed E-state index contributed by atoms with van der Waals surface area (Å²) in [6.07, 6.45) is 3.61. The van der Waals surface area contributed by atoms with E-state index >= 15 is 0 Å². The van der Waals surface area contributed by atoms with E-state index in [1.54, 1.807) is 6.20 Å². The molecule has 5 nitrogen and oxygen atoms in total. The third kappa shape index (κ3) is 3.21. The minimum absolute atomic E-state index is 0.779. The van der Waals surface area contributed by atoms with Crippen molar-refractivity contribution in [2.75, 3.05) is 5.32 Å². The molecule has 0 bridgehead atoms. The lowest BCUT2D eigenvalue weighted by Gasteiger charge is -2.08. The molecule has 28 heavy (non-hydrogen) atoms. The van der Waals surface area contributed by atoms with Crippen molar-refractivity contribution in [3.8, 4) is 22.6 Å². The van der Waals surface area contributed by atoms with Crippen molar-refractivity contribution >= 4 is 22.5 Å². The zero-order valence-corrected chi connectivity index (χ0v) is 15.0. The molecule has 2 aromatic carbocycles. The first-order valence-corrected chi connectivity index (χ1v) is 9.05. The zero-order chi connectivity index (χ0) is 18.8. The highest BCUT2D eigenvalue weighted by Crippen LogP contribution is 2.25. The van der Waals surface area contributed by atoms with E-state index in [0.29, 0.717) is 0 Å². The summed E-state index contributed by atoms with van der Waals surface area (Å²) in [6, 6.07) is 26.0. The Kier molecular flexibility index (Phi) is 4.03. The molecule has 0 aliphatic rings. The Morgan fingerprint density at radius 1 is 0.750 bits per heavy atom. The van der Waals surface area contributed by atoms with Gasteiger partial charge in [-0.15, -0.1) is 0 Å². The average molecular weight is 363 g/mol. The van der Waals surface area contributed by atoms with Crippen LogP contribution in [0.5, 0.6) is 0 Å². The number of imidazole rings is 1. The van der Waals surface area contributed by atoms with Gasteiger partial charge in [0.2, 0.25) is 0 Å². The first-order valence-electron chi connectivity index (χ1n) is 9.05. The van der Waals surface area contributed by atoms with E-state index in [2.05, 4.69) is 31.3 Å². The van der Waals surface area contributed by atoms with Gasteiger partial charge in [0.25, 0.3) is 0 Å². The van der Waals surface area contributed by atoms with Crippen LogP contribution in [0, 0.1) is 0 Å². The normalized spacial score (nSPS) is 10.9. The smallest absolute Gasteiger partial charge is 0.138 e. The number of aromatic nitrogens is 4. The molecule has 0 unspecified atom stereocenters. The highest BCUT2D eigenvalue weighted by molar-refractivity contribution is 5.80. The molecule has 0 saturated heterocycles. The molecular formula is C23H17N5. The van der Waals surface area contributed by atoms with Gasteiger partial charge >= 0.3 is 0 Å². The maximum absolute atomic E-state index is 4.67. The number of H-pyrrole nitrogens is 1. The van der Waals surface area contributed by atoms with Gasteiger partial charge in [-0.05, 0) is 48.5 Å². The molecule has 5 rings (SSSR count). The van der Waals surface area contributed by atoms with Crippen LogP contribution in [0.2, 0.25) is 0 Å². The van der Waals surface area contributed by atoms with Crippen LogP contribution >= 0.6 is 0 Å². The summed E-state index contributed by atoms with van der Waals surface area (Å²) in [4.78, 5) is 16.9. The lowest BCUT2D eigenvalue weighted by Crippen LogP contribution is -1.94. The summed E-state index contributed by atoms with van der Waals surface area (Å²) >= 11 is 0. The Bertz CT molecular complexity index is 1190. The monoisotopic (exact) mass is 363 g/mol. The van der Waals surface area contributed by atoms with E-state index in [1.165, 1.54) is 0 Å². The predicted octanol–water partition coefficient (Wildman–Crippen LogP) is 5.43. The van der Waals surface area contributed by atoms with E-state index < -0.39 is 0 Å². The van der Waals surface area contributed by atoms with E-state index in [1.807, 2.05) is 79.0 Å². The molecule has 0 radical (unpaired) electrons. The summed E-state index contributed by atoms with van der Waals surface area (Å²) in [5, 5.41) is 3.35. The van der Waals surface area contributed by atoms with Crippen LogP contribution in [0.4, 0.5) is 11.5 Å². The van der Waals surface area contributed by atoms with Crippen molar-refractivity contribution in [2.24, 2.45) is 0 Å². The maximum Gasteiger partial charge on any atom is 0.138 e. The molecule has 0 fully saturated rings. The third-order valence-electron chi connectivity index (χ3n) is 4.52. The molecule has 3 aromatic heterocycles. The second-order valence-electron chi connectivity index (χ2n) is 6.46. The predicted molar refractivity (Wildman–Crippen MR) is 112 cm³/mol. The summed E-state index contributed by atoms with van der Waals surface area (Å²) < 4.78 is 0. The number of fused-ring (bicyclic) bond motifs is 1. The van der Waals surface area contributed by atoms with Crippen molar-refractivity contribution in [2.45, 2.75) is 0 Å². The molecule has 0 saturated carbocycles. The van der Waals surface area contributed by atoms with E-state index in [4.69, 9.17) is 0 Å². The van der Waals surface area contributed by atoms with Crippen LogP contribution in [0.1, 0.15) is 0 Å². The van der Waals surface area contributed by atoms with E-state index in [0.717, 1.165) is 45.2 Å². The van der Waals surface area contributed by atoms with E-state index in [-0.39, 0.29) is 0 Å². The third-order valence-corrected chi connectivity index (χ3v) is 4.52. The van der Waals surface area contributed by atoms with Crippen LogP contribution in [0.15, 0.2) is 91.3 Å². The number of rotatable bonds is 4. The lowest BCUT2D eigenvalue weighted by molar-refractivity contribution is 1.27. The van der Waals surface area contributed by atoms with Gasteiger partial charge in [-0.1, -0.05) is 30.3 Å². The Morgan fingerprint density at radius 3 is 2.50 bits per heavy atom. The SMILES string of the molecule is c1ccc(-c2ccc(Nc3cccc(-c4nc5ccccc5[nH]4)c3)nc2)nc1. The minimum Gasteiger partial charge on any atom is -0.340 e. The molecule has 5 heteroatoms. The fourth-order valence-corrected chi connectivity index (χ4v) is 3.13. The standard InChI is InChI=1S/C23H17N5/c1-2-10-21-20(9-1)27-23(28-21)16-6-5-7-18(14-16)26-22-12-11-17(15-25-22)19-8-3-4-13-24-19/h1-15H,(H,25,26)(H,27,28). The molecule has 134 valence electrons. The molecule has 0 atom stereocenters. The van der Waals surface area contributed by atoms with Crippen molar-refractivity contribution in [3.63, 3.8) is 0 Å². The van der Waals surface area contributed by atoms with Crippen molar-refractivity contribution < 1.29 is 0 Å². The van der Waals surface area contributed by atoms with Gasteiger partial charge in [0.05, 0.1) is 16.7 Å². The quantitative estimate of drug-likeness (QED) is 0.447. The van der Waals surface area contributed by atoms with Gasteiger partial charge in [0.15, 0.2) is 0 Å². The number of anilines is 2. The number of nitrogens with one attached hydrogen (secondary N) is 2. The van der Waals surface area contributed by atoms with Gasteiger partial charge < -0.3 is 10.3 Å². The topological polar surface area (TPSA) is 66.5 Å². The van der Waals surface area contributed by atoms with Crippen LogP contribution in [0.25, 0.3) is 33.7 Å². The molecule has 2 N–H and O–H groups in total. The number of hydrogen-bond acceptors (Lipinski definition) is 4. The van der Waals surface area contributed by atoms with Gasteiger partial charge in [-0.25, -0.2) is 9.97 Å². The van der Waals surface area contributed by atoms with Gasteiger partial charge in [0, 0.05) is 29.2 Å². The van der Waals surface area contributed by atoms with Gasteiger partial charge in [-0.2, -0.15) is 0 Å². The average Bonchev–Trinajstić information content (AvgIpc) is 3.20. The Morgan fingerprint density at radius 2 is 1.68 bits per heavy atom. The Balaban J connectivity index is 1.39. The number of nitrogens with zero attached hydrogens (tertiary/aromatic N) is 3. The van der Waals surface area contributed by atoms with Crippen LogP contribution in [-0.4, -0.2) is 19.9 Å². The second-order valence-corrected chi connectivity index (χ2v) is 6.46. The molecule has 0 amide bonds. The summed E-state index contributed by atoms with van der Waals surface area (Å²) in [6.45, 7) is 0. The first kappa shape index (κ1) is 16.2. The molecule has 0 aliphatic heterocycles. The highest BCUT2D eigenvalue weighted by Gasteiger charge is 2.06. The lowest BCUT2D eigenvalue weighted by atomic mass is 10.2. The van der Waals surface area contributed by atoms with Crippen molar-refractivity contribution in [1.29, 1.82) is 0 Å². The summed E-state index contributed by atoms with van der Waals surface area (Å²) in [7, 11) is 0. The van der Waals surface area contributed by atoms with Gasteiger partial charge in [-0.3, -0.25) is 4.98 Å². The second kappa shape index (κ2) is 6.96. The molecule has 3 heterocycles. The summed E-state index contributed by atoms with van der Waals surface area (Å²) in [5.41, 5.74) is 5.86. The Labute approximate surface area is 162 Å². The van der Waals surface area contributed by atoms with Crippen LogP contribution in [-0.2, 0) is 0 Å². The molecule has 0 spiro atoms. The number of benzene rings is 2. The largest absolute Gasteiger partial charge is 0.340 e. The first-order chi connectivity index (χ1) is 13.8. The number of hydrogen-bond donors (Lipinski definition) is 2. The number of pyridine rings is 2. The highest BCUT2D eigenvalue weighted by atomic mass is 15.0. The number of aromatic amines is 1. The molecular weight excluding hydrogens is 346 g/mol. The Hall–Kier alpha value is -3.99. The van der Waals surface area contributed by atoms with Crippen molar-refractivity contribution in [1.82, 2.24) is 19.9 Å². The van der Waals surface area contributed by atoms with Crippen LogP contribution < -0.4 is 5.32 Å². The van der Waals surface area contributed by atoms with Gasteiger partial charge in [0.1, 0.15) is 11.6 Å². The molecule has 5 aromatic rings. The minimum atomic E-state index is 0.779. The molecule has 0 aliphatic carbocycles. The summed E-state index contributed by atoms with van der Waals surface area (Å²) in [5.74, 6) is 1.63. The van der Waals surface area contributed by atoms with Crippen LogP contribution in [0.3, 0.4) is 0 Å². The fraction of sp³-hybridized carbons (Fsp3) is 0. The fourth-order valence-electron chi connectivity index (χ4n) is 3.13. The van der Waals surface area contributed by atoms with E-state index in [9.17, 15) is 0 Å². The maximum atomic E-state index is 4.67. The number of para-hydroxylation sites is 2. The van der Waals surface area contributed by atoms with Crippen molar-refractivity contribution in [3.05, 3.63) is 91.3 Å². The zero-order valence-electron chi connectivity index (χ0n) is 15.0.